The van der Waals surface area contributed by atoms with Crippen LogP contribution in [0.25, 0.3) is 0 Å². The van der Waals surface area contributed by atoms with Crippen molar-refractivity contribution in [1.29, 1.82) is 0 Å². The highest BCUT2D eigenvalue weighted by Crippen LogP contribution is 2.22. The highest BCUT2D eigenvalue weighted by molar-refractivity contribution is 7.11. The molecule has 2 rings (SSSR count). The second-order valence-corrected chi connectivity index (χ2v) is 4.38. The number of aliphatic hydroxyl groups excluding tert-OH is 1. The molecule has 1 aromatic heterocycles. The maximum Gasteiger partial charge on any atom is 0.119 e. The predicted molar refractivity (Wildman–Crippen MR) is 58.9 cm³/mol. The highest BCUT2D eigenvalue weighted by atomic mass is 32.1. The zero-order valence-electron chi connectivity index (χ0n) is 8.05. The summed E-state index contributed by atoms with van der Waals surface area (Å²) in [5.74, 6) is 0.290. The summed E-state index contributed by atoms with van der Waals surface area (Å²) in [5.41, 5.74) is 0.858. The lowest BCUT2D eigenvalue weighted by Gasteiger charge is -2.00. The van der Waals surface area contributed by atoms with Gasteiger partial charge in [-0.1, -0.05) is 18.2 Å². The Kier molecular flexibility index (Phi) is 2.99. The van der Waals surface area contributed by atoms with Gasteiger partial charge in [0.1, 0.15) is 5.75 Å². The Labute approximate surface area is 91.7 Å². The standard InChI is InChI=1S/C11H11NO2S/c13-7-9-6-12-11(15-9)5-8-3-1-2-4-10(8)14/h1-4,6,13-14H,5,7H2. The Balaban J connectivity index is 2.18. The predicted octanol–water partition coefficient (Wildman–Crippen LogP) is 1.93. The molecule has 2 N–H and O–H groups in total. The van der Waals surface area contributed by atoms with Gasteiger partial charge in [-0.25, -0.2) is 4.98 Å². The van der Waals surface area contributed by atoms with Gasteiger partial charge in [-0.05, 0) is 6.07 Å². The van der Waals surface area contributed by atoms with Gasteiger partial charge in [0, 0.05) is 18.2 Å². The third kappa shape index (κ3) is 2.34. The first-order valence-electron chi connectivity index (χ1n) is 4.61. The van der Waals surface area contributed by atoms with Crippen LogP contribution in [0.2, 0.25) is 0 Å². The molecule has 0 fully saturated rings. The Morgan fingerprint density at radius 2 is 2.07 bits per heavy atom. The van der Waals surface area contributed by atoms with Crippen LogP contribution >= 0.6 is 11.3 Å². The first-order chi connectivity index (χ1) is 7.29. The third-order valence-corrected chi connectivity index (χ3v) is 3.07. The minimum Gasteiger partial charge on any atom is -0.508 e. The van der Waals surface area contributed by atoms with Gasteiger partial charge >= 0.3 is 0 Å². The lowest BCUT2D eigenvalue weighted by atomic mass is 10.1. The summed E-state index contributed by atoms with van der Waals surface area (Å²) in [5, 5.41) is 19.4. The van der Waals surface area contributed by atoms with Crippen LogP contribution in [0.1, 0.15) is 15.4 Å². The van der Waals surface area contributed by atoms with Gasteiger partial charge in [-0.15, -0.1) is 11.3 Å². The first kappa shape index (κ1) is 10.1. The van der Waals surface area contributed by atoms with Crippen LogP contribution in [0.5, 0.6) is 5.75 Å². The summed E-state index contributed by atoms with van der Waals surface area (Å²) in [6.07, 6.45) is 2.28. The zero-order chi connectivity index (χ0) is 10.7. The van der Waals surface area contributed by atoms with Crippen molar-refractivity contribution in [2.75, 3.05) is 0 Å². The molecule has 0 saturated carbocycles. The summed E-state index contributed by atoms with van der Waals surface area (Å²) < 4.78 is 0. The van der Waals surface area contributed by atoms with Crippen LogP contribution in [0.4, 0.5) is 0 Å². The molecule has 78 valence electrons. The van der Waals surface area contributed by atoms with Gasteiger partial charge in [0.25, 0.3) is 0 Å². The number of aromatic hydroxyl groups is 1. The second-order valence-electron chi connectivity index (χ2n) is 3.18. The number of phenolic OH excluding ortho intramolecular Hbond substituents is 1. The molecule has 0 atom stereocenters. The average molecular weight is 221 g/mol. The topological polar surface area (TPSA) is 53.4 Å². The van der Waals surface area contributed by atoms with Gasteiger partial charge in [0.05, 0.1) is 16.5 Å². The fraction of sp³-hybridized carbons (Fsp3) is 0.182. The van der Waals surface area contributed by atoms with Crippen LogP contribution in [-0.2, 0) is 13.0 Å². The molecule has 0 unspecified atom stereocenters. The van der Waals surface area contributed by atoms with Gasteiger partial charge in [0.15, 0.2) is 0 Å². The van der Waals surface area contributed by atoms with E-state index in [-0.39, 0.29) is 6.61 Å². The van der Waals surface area contributed by atoms with Gasteiger partial charge < -0.3 is 10.2 Å². The Hall–Kier alpha value is -1.39. The third-order valence-electron chi connectivity index (χ3n) is 2.09. The molecule has 4 heteroatoms. The minimum atomic E-state index is 0.0262. The van der Waals surface area contributed by atoms with E-state index >= 15 is 0 Å². The number of hydrogen-bond donors (Lipinski definition) is 2. The fourth-order valence-electron chi connectivity index (χ4n) is 1.33. The maximum atomic E-state index is 9.56. The summed E-state index contributed by atoms with van der Waals surface area (Å²) in [7, 11) is 0. The minimum absolute atomic E-state index is 0.0262. The van der Waals surface area contributed by atoms with E-state index in [1.807, 2.05) is 12.1 Å². The van der Waals surface area contributed by atoms with Crippen molar-refractivity contribution in [3.05, 3.63) is 45.9 Å². The molecule has 0 aliphatic carbocycles. The van der Waals surface area contributed by atoms with Crippen molar-refractivity contribution in [1.82, 2.24) is 4.98 Å². The number of para-hydroxylation sites is 1. The van der Waals surface area contributed by atoms with Gasteiger partial charge in [-0.3, -0.25) is 0 Å². The molecule has 1 aromatic carbocycles. The average Bonchev–Trinajstić information content (AvgIpc) is 2.69. The summed E-state index contributed by atoms with van der Waals surface area (Å²) in [6, 6.07) is 7.21. The molecule has 1 heterocycles. The largest absolute Gasteiger partial charge is 0.508 e. The molecular formula is C11H11NO2S. The van der Waals surface area contributed by atoms with Crippen LogP contribution in [-0.4, -0.2) is 15.2 Å². The molecular weight excluding hydrogens is 210 g/mol. The van der Waals surface area contributed by atoms with Crippen molar-refractivity contribution in [2.24, 2.45) is 0 Å². The van der Waals surface area contributed by atoms with E-state index < -0.39 is 0 Å². The Bertz CT molecular complexity index is 453. The number of nitrogens with zero attached hydrogens (tertiary/aromatic N) is 1. The summed E-state index contributed by atoms with van der Waals surface area (Å²) >= 11 is 1.46. The van der Waals surface area contributed by atoms with E-state index in [1.165, 1.54) is 11.3 Å². The zero-order valence-corrected chi connectivity index (χ0v) is 8.87. The summed E-state index contributed by atoms with van der Waals surface area (Å²) in [4.78, 5) is 5.02. The highest BCUT2D eigenvalue weighted by Gasteiger charge is 2.05. The van der Waals surface area contributed by atoms with E-state index in [0.717, 1.165) is 15.4 Å². The summed E-state index contributed by atoms with van der Waals surface area (Å²) in [6.45, 7) is 0.0262. The lowest BCUT2D eigenvalue weighted by molar-refractivity contribution is 0.285. The lowest BCUT2D eigenvalue weighted by Crippen LogP contribution is -1.86. The van der Waals surface area contributed by atoms with Gasteiger partial charge in [-0.2, -0.15) is 0 Å². The van der Waals surface area contributed by atoms with Crippen molar-refractivity contribution >= 4 is 11.3 Å². The number of thiazole rings is 1. The molecule has 0 spiro atoms. The molecule has 0 amide bonds. The number of aromatic nitrogens is 1. The van der Waals surface area contributed by atoms with Crippen LogP contribution in [0, 0.1) is 0 Å². The van der Waals surface area contributed by atoms with Crippen LogP contribution in [0.3, 0.4) is 0 Å². The second kappa shape index (κ2) is 4.42. The van der Waals surface area contributed by atoms with Crippen molar-refractivity contribution in [2.45, 2.75) is 13.0 Å². The van der Waals surface area contributed by atoms with Crippen LogP contribution < -0.4 is 0 Å². The van der Waals surface area contributed by atoms with E-state index in [9.17, 15) is 5.11 Å². The Morgan fingerprint density at radius 1 is 1.27 bits per heavy atom. The molecule has 0 bridgehead atoms. The van der Waals surface area contributed by atoms with Crippen LogP contribution in [0.15, 0.2) is 30.5 Å². The van der Waals surface area contributed by atoms with E-state index in [4.69, 9.17) is 5.11 Å². The van der Waals surface area contributed by atoms with Crippen molar-refractivity contribution in [3.8, 4) is 5.75 Å². The van der Waals surface area contributed by atoms with Crippen molar-refractivity contribution < 1.29 is 10.2 Å². The quantitative estimate of drug-likeness (QED) is 0.832. The molecule has 0 aliphatic heterocycles. The smallest absolute Gasteiger partial charge is 0.119 e. The molecule has 3 nitrogen and oxygen atoms in total. The molecule has 0 saturated heterocycles. The maximum absolute atomic E-state index is 9.56. The molecule has 2 aromatic rings. The first-order valence-corrected chi connectivity index (χ1v) is 5.42. The normalized spacial score (nSPS) is 10.5. The van der Waals surface area contributed by atoms with E-state index in [0.29, 0.717) is 12.2 Å². The number of hydrogen-bond acceptors (Lipinski definition) is 4. The van der Waals surface area contributed by atoms with Crippen molar-refractivity contribution in [3.63, 3.8) is 0 Å². The SMILES string of the molecule is OCc1cnc(Cc2ccccc2O)s1. The monoisotopic (exact) mass is 221 g/mol. The fourth-order valence-corrected chi connectivity index (χ4v) is 2.13. The number of aliphatic hydroxyl groups is 1. The molecule has 15 heavy (non-hydrogen) atoms. The van der Waals surface area contributed by atoms with Gasteiger partial charge in [0.2, 0.25) is 0 Å². The Morgan fingerprint density at radius 3 is 2.73 bits per heavy atom. The number of phenols is 1. The number of rotatable bonds is 3. The van der Waals surface area contributed by atoms with E-state index in [1.54, 1.807) is 18.3 Å². The number of benzene rings is 1. The van der Waals surface area contributed by atoms with E-state index in [2.05, 4.69) is 4.98 Å². The molecule has 0 aliphatic rings. The molecule has 0 radical (unpaired) electrons.